The van der Waals surface area contributed by atoms with Crippen molar-refractivity contribution in [2.75, 3.05) is 30.9 Å². The third kappa shape index (κ3) is 4.52. The lowest BCUT2D eigenvalue weighted by atomic mass is 9.56. The second-order valence-corrected chi connectivity index (χ2v) is 14.0. The van der Waals surface area contributed by atoms with Crippen LogP contribution < -0.4 is 9.80 Å². The van der Waals surface area contributed by atoms with E-state index in [1.807, 2.05) is 49.3 Å². The Labute approximate surface area is 281 Å². The van der Waals surface area contributed by atoms with Gasteiger partial charge in [0.15, 0.2) is 9.75 Å². The van der Waals surface area contributed by atoms with Crippen LogP contribution in [0.5, 0.6) is 5.75 Å². The molecule has 6 atom stereocenters. The van der Waals surface area contributed by atoms with Crippen LogP contribution in [0.25, 0.3) is 0 Å². The molecule has 2 heterocycles. The molecule has 2 aliphatic carbocycles. The standard InChI is InChI=1S/C35H31Cl2N5O5/c1-40(2)22-10-6-20(7-11-22)38-39-21-8-12-23(13-9-21)42-30(44)26-17-16-25-27(28(26)31(42)45)18-34(36)32(46)41(3)33(47)35(34,37)29(25)19-4-14-24(43)15-5-19/h4-16,26-29,43H,17-18H2,1-3H3. The van der Waals surface area contributed by atoms with Crippen molar-refractivity contribution in [3.63, 3.8) is 0 Å². The summed E-state index contributed by atoms with van der Waals surface area (Å²) in [6.07, 6.45) is 2.05. The minimum Gasteiger partial charge on any atom is -0.508 e. The zero-order chi connectivity index (χ0) is 33.4. The second-order valence-electron chi connectivity index (χ2n) is 12.7. The number of alkyl halides is 2. The third-order valence-electron chi connectivity index (χ3n) is 10.00. The predicted octanol–water partition coefficient (Wildman–Crippen LogP) is 6.07. The number of azo groups is 1. The van der Waals surface area contributed by atoms with Crippen molar-refractivity contribution >= 4 is 69.6 Å². The largest absolute Gasteiger partial charge is 0.508 e. The molecule has 0 radical (unpaired) electrons. The summed E-state index contributed by atoms with van der Waals surface area (Å²) >= 11 is 14.4. The number of phenolic OH excluding ortho intramolecular Hbond substituents is 1. The molecule has 10 nitrogen and oxygen atoms in total. The molecule has 4 amide bonds. The lowest BCUT2D eigenvalue weighted by Crippen LogP contribution is -2.60. The zero-order valence-corrected chi connectivity index (χ0v) is 27.3. The topological polar surface area (TPSA) is 123 Å². The number of imide groups is 2. The van der Waals surface area contributed by atoms with E-state index in [2.05, 4.69) is 10.2 Å². The number of aromatic hydroxyl groups is 1. The van der Waals surface area contributed by atoms with Crippen LogP contribution >= 0.6 is 23.2 Å². The normalized spacial score (nSPS) is 30.0. The van der Waals surface area contributed by atoms with Gasteiger partial charge in [0.05, 0.1) is 28.9 Å². The van der Waals surface area contributed by atoms with Gasteiger partial charge in [-0.1, -0.05) is 23.8 Å². The molecule has 6 unspecified atom stereocenters. The van der Waals surface area contributed by atoms with Crippen LogP contribution in [0.2, 0.25) is 0 Å². The minimum atomic E-state index is -1.86. The average molecular weight is 673 g/mol. The van der Waals surface area contributed by atoms with Crippen molar-refractivity contribution in [1.29, 1.82) is 0 Å². The van der Waals surface area contributed by atoms with Gasteiger partial charge in [-0.2, -0.15) is 10.2 Å². The molecule has 1 saturated carbocycles. The maximum atomic E-state index is 14.2. The molecule has 47 heavy (non-hydrogen) atoms. The van der Waals surface area contributed by atoms with E-state index in [9.17, 15) is 24.3 Å². The van der Waals surface area contributed by atoms with Gasteiger partial charge in [-0.15, -0.1) is 23.2 Å². The fourth-order valence-electron chi connectivity index (χ4n) is 7.64. The number of benzene rings is 3. The number of likely N-dealkylation sites (tertiary alicyclic amines) is 1. The Bertz CT molecular complexity index is 1880. The van der Waals surface area contributed by atoms with Crippen molar-refractivity contribution in [2.45, 2.75) is 28.5 Å². The summed E-state index contributed by atoms with van der Waals surface area (Å²) in [7, 11) is 5.26. The minimum absolute atomic E-state index is 0.0175. The number of hydrogen-bond donors (Lipinski definition) is 1. The summed E-state index contributed by atoms with van der Waals surface area (Å²) in [6, 6.07) is 20.5. The summed E-state index contributed by atoms with van der Waals surface area (Å²) in [5.74, 6) is -4.98. The number of phenols is 1. The first-order chi connectivity index (χ1) is 22.4. The SMILES string of the molecule is CN1C(=O)C2(Cl)CC3C(=CCC4C(=O)N(c5ccc(N=Nc6ccc(N(C)C)cc6)cc5)C(=O)C43)C(c3ccc(O)cc3)C2(Cl)C1=O. The van der Waals surface area contributed by atoms with Crippen molar-refractivity contribution < 1.29 is 24.3 Å². The molecule has 1 N–H and O–H groups in total. The number of carbonyl (C=O) groups is 4. The fraction of sp³-hybridized carbons (Fsp3) is 0.314. The molecule has 7 rings (SSSR count). The number of rotatable bonds is 5. The Morgan fingerprint density at radius 2 is 1.40 bits per heavy atom. The smallest absolute Gasteiger partial charge is 0.253 e. The van der Waals surface area contributed by atoms with E-state index >= 15 is 0 Å². The molecule has 12 heteroatoms. The molecule has 240 valence electrons. The van der Waals surface area contributed by atoms with Gasteiger partial charge in [-0.05, 0) is 85.0 Å². The maximum Gasteiger partial charge on any atom is 0.253 e. The lowest BCUT2D eigenvalue weighted by molar-refractivity contribution is -0.138. The van der Waals surface area contributed by atoms with Gasteiger partial charge >= 0.3 is 0 Å². The van der Waals surface area contributed by atoms with Gasteiger partial charge in [0.2, 0.25) is 11.8 Å². The number of nitrogens with zero attached hydrogens (tertiary/aromatic N) is 5. The Morgan fingerprint density at radius 3 is 2.00 bits per heavy atom. The maximum absolute atomic E-state index is 14.2. The van der Waals surface area contributed by atoms with Crippen molar-refractivity contribution in [2.24, 2.45) is 28.0 Å². The molecule has 3 aromatic rings. The predicted molar refractivity (Wildman–Crippen MR) is 177 cm³/mol. The van der Waals surface area contributed by atoms with Crippen molar-refractivity contribution in [3.8, 4) is 5.75 Å². The highest BCUT2D eigenvalue weighted by atomic mass is 35.5. The third-order valence-corrected chi connectivity index (χ3v) is 11.4. The van der Waals surface area contributed by atoms with Crippen LogP contribution in [0.3, 0.4) is 0 Å². The zero-order valence-electron chi connectivity index (χ0n) is 25.8. The Kier molecular flexibility index (Phi) is 7.29. The van der Waals surface area contributed by atoms with Crippen LogP contribution in [-0.2, 0) is 19.2 Å². The number of fused-ring (bicyclic) bond motifs is 4. The van der Waals surface area contributed by atoms with E-state index in [4.69, 9.17) is 23.2 Å². The first-order valence-electron chi connectivity index (χ1n) is 15.2. The van der Waals surface area contributed by atoms with Gasteiger partial charge in [0.25, 0.3) is 11.8 Å². The van der Waals surface area contributed by atoms with E-state index < -0.39 is 51.1 Å². The molecule has 2 aliphatic heterocycles. The average Bonchev–Trinajstić information content (AvgIpc) is 3.39. The number of amides is 4. The number of anilines is 2. The number of carbonyl (C=O) groups excluding carboxylic acids is 4. The molecule has 4 aliphatic rings. The monoisotopic (exact) mass is 671 g/mol. The summed E-state index contributed by atoms with van der Waals surface area (Å²) in [5.41, 5.74) is 3.93. The summed E-state index contributed by atoms with van der Waals surface area (Å²) in [4.78, 5) is 55.7. The van der Waals surface area contributed by atoms with Gasteiger partial charge in [0, 0.05) is 32.7 Å². The molecule has 3 aromatic carbocycles. The highest BCUT2D eigenvalue weighted by Crippen LogP contribution is 2.65. The number of halogens is 2. The van der Waals surface area contributed by atoms with Crippen LogP contribution in [0, 0.1) is 17.8 Å². The van der Waals surface area contributed by atoms with Crippen LogP contribution in [-0.4, -0.2) is 64.5 Å². The molecule has 0 spiro atoms. The molecular formula is C35H31Cl2N5O5. The van der Waals surface area contributed by atoms with E-state index in [-0.39, 0.29) is 24.5 Å². The first-order valence-corrected chi connectivity index (χ1v) is 16.0. The molecule has 2 saturated heterocycles. The molecule has 0 aromatic heterocycles. The Hall–Kier alpha value is -4.54. The van der Waals surface area contributed by atoms with Gasteiger partial charge in [-0.3, -0.25) is 29.0 Å². The van der Waals surface area contributed by atoms with E-state index in [0.717, 1.165) is 10.6 Å². The van der Waals surface area contributed by atoms with Gasteiger partial charge < -0.3 is 10.0 Å². The van der Waals surface area contributed by atoms with E-state index in [1.54, 1.807) is 36.4 Å². The van der Waals surface area contributed by atoms with Gasteiger partial charge in [0.1, 0.15) is 5.75 Å². The first kappa shape index (κ1) is 31.1. The van der Waals surface area contributed by atoms with Gasteiger partial charge in [-0.25, -0.2) is 0 Å². The Morgan fingerprint density at radius 1 is 0.809 bits per heavy atom. The van der Waals surface area contributed by atoms with Crippen LogP contribution in [0.1, 0.15) is 24.3 Å². The molecule has 3 fully saturated rings. The van der Waals surface area contributed by atoms with Crippen LogP contribution in [0.4, 0.5) is 22.7 Å². The molecular weight excluding hydrogens is 641 g/mol. The summed E-state index contributed by atoms with van der Waals surface area (Å²) in [5, 5.41) is 18.6. The van der Waals surface area contributed by atoms with Crippen LogP contribution in [0.15, 0.2) is 94.7 Å². The highest BCUT2D eigenvalue weighted by molar-refractivity contribution is 6.53. The summed E-state index contributed by atoms with van der Waals surface area (Å²) < 4.78 is 0. The number of allylic oxidation sites excluding steroid dienone is 2. The number of hydrogen-bond acceptors (Lipinski definition) is 8. The Balaban J connectivity index is 1.20. The van der Waals surface area contributed by atoms with Crippen molar-refractivity contribution in [3.05, 3.63) is 90.0 Å². The quantitative estimate of drug-likeness (QED) is 0.152. The highest BCUT2D eigenvalue weighted by Gasteiger charge is 2.75. The summed E-state index contributed by atoms with van der Waals surface area (Å²) in [6.45, 7) is 0. The molecule has 0 bridgehead atoms. The fourth-order valence-corrected chi connectivity index (χ4v) is 8.66. The second kappa shape index (κ2) is 11.0. The van der Waals surface area contributed by atoms with E-state index in [1.165, 1.54) is 24.1 Å². The van der Waals surface area contributed by atoms with Crippen molar-refractivity contribution in [1.82, 2.24) is 4.90 Å². The lowest BCUT2D eigenvalue weighted by Gasteiger charge is -2.50. The van der Waals surface area contributed by atoms with E-state index in [0.29, 0.717) is 28.2 Å².